The van der Waals surface area contributed by atoms with Gasteiger partial charge in [-0.15, -0.1) is 0 Å². The molecule has 1 aromatic rings. The number of hydrogen-bond acceptors (Lipinski definition) is 2. The third-order valence-electron chi connectivity index (χ3n) is 3.99. The Morgan fingerprint density at radius 2 is 2.00 bits per heavy atom. The molecular formula is C14H20Cl2N2. The molecule has 0 amide bonds. The van der Waals surface area contributed by atoms with E-state index < -0.39 is 0 Å². The second-order valence-electron chi connectivity index (χ2n) is 5.17. The van der Waals surface area contributed by atoms with Crippen molar-refractivity contribution in [2.75, 3.05) is 13.6 Å². The highest BCUT2D eigenvalue weighted by molar-refractivity contribution is 6.42. The van der Waals surface area contributed by atoms with Crippen LogP contribution in [0.1, 0.15) is 31.4 Å². The lowest BCUT2D eigenvalue weighted by atomic mass is 10.0. The Balaban J connectivity index is 2.18. The largest absolute Gasteiger partial charge is 0.329 e. The van der Waals surface area contributed by atoms with E-state index >= 15 is 0 Å². The number of nitrogens with zero attached hydrogens (tertiary/aromatic N) is 1. The van der Waals surface area contributed by atoms with Crippen molar-refractivity contribution in [3.05, 3.63) is 33.8 Å². The number of rotatable bonds is 5. The summed E-state index contributed by atoms with van der Waals surface area (Å²) >= 11 is 12.0. The van der Waals surface area contributed by atoms with Crippen LogP contribution in [-0.2, 0) is 0 Å². The first-order valence-electron chi connectivity index (χ1n) is 6.41. The van der Waals surface area contributed by atoms with Gasteiger partial charge in [0.25, 0.3) is 0 Å². The molecule has 0 radical (unpaired) electrons. The second-order valence-corrected chi connectivity index (χ2v) is 5.98. The molecule has 0 heterocycles. The van der Waals surface area contributed by atoms with Crippen LogP contribution in [0.15, 0.2) is 18.2 Å². The first-order valence-corrected chi connectivity index (χ1v) is 7.17. The standard InChI is InChI=1S/C14H20Cl2N2/c1-9(10-3-4-10)18(2)14(8-17)11-5-6-12(15)13(16)7-11/h5-7,9-10,14H,3-4,8,17H2,1-2H3. The van der Waals surface area contributed by atoms with Crippen LogP contribution in [0.4, 0.5) is 0 Å². The van der Waals surface area contributed by atoms with Gasteiger partial charge in [0, 0.05) is 18.6 Å². The summed E-state index contributed by atoms with van der Waals surface area (Å²) in [5.74, 6) is 0.826. The molecule has 2 N–H and O–H groups in total. The molecule has 1 saturated carbocycles. The van der Waals surface area contributed by atoms with Crippen LogP contribution in [0.3, 0.4) is 0 Å². The van der Waals surface area contributed by atoms with Crippen molar-refractivity contribution in [3.63, 3.8) is 0 Å². The van der Waals surface area contributed by atoms with E-state index in [4.69, 9.17) is 28.9 Å². The molecule has 1 aliphatic rings. The predicted molar refractivity (Wildman–Crippen MR) is 78.2 cm³/mol. The summed E-state index contributed by atoms with van der Waals surface area (Å²) in [6.07, 6.45) is 2.67. The van der Waals surface area contributed by atoms with Crippen molar-refractivity contribution in [3.8, 4) is 0 Å². The third-order valence-corrected chi connectivity index (χ3v) is 4.73. The molecule has 2 atom stereocenters. The quantitative estimate of drug-likeness (QED) is 0.894. The molecule has 4 heteroatoms. The van der Waals surface area contributed by atoms with Gasteiger partial charge in [0.2, 0.25) is 0 Å². The van der Waals surface area contributed by atoms with E-state index in [2.05, 4.69) is 18.9 Å². The van der Waals surface area contributed by atoms with Crippen molar-refractivity contribution in [1.29, 1.82) is 0 Å². The maximum atomic E-state index is 6.08. The van der Waals surface area contributed by atoms with E-state index in [1.165, 1.54) is 12.8 Å². The van der Waals surface area contributed by atoms with Crippen LogP contribution in [0.25, 0.3) is 0 Å². The maximum Gasteiger partial charge on any atom is 0.0595 e. The Bertz CT molecular complexity index is 418. The lowest BCUT2D eigenvalue weighted by Crippen LogP contribution is -2.38. The number of nitrogens with two attached hydrogens (primary N) is 1. The SMILES string of the molecule is CC(C1CC1)N(C)C(CN)c1ccc(Cl)c(Cl)c1. The van der Waals surface area contributed by atoms with Crippen LogP contribution in [0, 0.1) is 5.92 Å². The maximum absolute atomic E-state index is 6.08. The predicted octanol–water partition coefficient (Wildman–Crippen LogP) is 3.72. The summed E-state index contributed by atoms with van der Waals surface area (Å²) in [5.41, 5.74) is 7.08. The molecule has 0 spiro atoms. The molecule has 1 fully saturated rings. The molecule has 2 unspecified atom stereocenters. The van der Waals surface area contributed by atoms with Gasteiger partial charge in [0.1, 0.15) is 0 Å². The van der Waals surface area contributed by atoms with Gasteiger partial charge in [-0.1, -0.05) is 29.3 Å². The summed E-state index contributed by atoms with van der Waals surface area (Å²) < 4.78 is 0. The fraction of sp³-hybridized carbons (Fsp3) is 0.571. The van der Waals surface area contributed by atoms with Gasteiger partial charge in [0.15, 0.2) is 0 Å². The third kappa shape index (κ3) is 3.00. The van der Waals surface area contributed by atoms with Gasteiger partial charge in [-0.3, -0.25) is 4.90 Å². The minimum Gasteiger partial charge on any atom is -0.329 e. The average molecular weight is 287 g/mol. The molecular weight excluding hydrogens is 267 g/mol. The molecule has 18 heavy (non-hydrogen) atoms. The van der Waals surface area contributed by atoms with Gasteiger partial charge in [-0.25, -0.2) is 0 Å². The summed E-state index contributed by atoms with van der Waals surface area (Å²) in [4.78, 5) is 2.36. The number of hydrogen-bond donors (Lipinski definition) is 1. The van der Waals surface area contributed by atoms with Gasteiger partial charge in [-0.2, -0.15) is 0 Å². The molecule has 1 aromatic carbocycles. The molecule has 2 nitrogen and oxygen atoms in total. The molecule has 0 saturated heterocycles. The van der Waals surface area contributed by atoms with Crippen molar-refractivity contribution in [2.45, 2.75) is 31.8 Å². The van der Waals surface area contributed by atoms with Crippen LogP contribution in [-0.4, -0.2) is 24.5 Å². The van der Waals surface area contributed by atoms with E-state index in [-0.39, 0.29) is 6.04 Å². The van der Waals surface area contributed by atoms with Crippen molar-refractivity contribution >= 4 is 23.2 Å². The smallest absolute Gasteiger partial charge is 0.0595 e. The first kappa shape index (κ1) is 14.1. The minimum absolute atomic E-state index is 0.204. The molecule has 100 valence electrons. The lowest BCUT2D eigenvalue weighted by molar-refractivity contribution is 0.171. The van der Waals surface area contributed by atoms with Gasteiger partial charge >= 0.3 is 0 Å². The van der Waals surface area contributed by atoms with Crippen molar-refractivity contribution in [2.24, 2.45) is 11.7 Å². The van der Waals surface area contributed by atoms with E-state index in [9.17, 15) is 0 Å². The number of likely N-dealkylation sites (N-methyl/N-ethyl adjacent to an activating group) is 1. The van der Waals surface area contributed by atoms with Gasteiger partial charge in [0.05, 0.1) is 10.0 Å². The van der Waals surface area contributed by atoms with E-state index in [1.807, 2.05) is 18.2 Å². The first-order chi connectivity index (χ1) is 8.54. The Hall–Kier alpha value is -0.280. The van der Waals surface area contributed by atoms with Crippen molar-refractivity contribution in [1.82, 2.24) is 4.90 Å². The summed E-state index contributed by atoms with van der Waals surface area (Å²) in [5, 5.41) is 1.19. The monoisotopic (exact) mass is 286 g/mol. The van der Waals surface area contributed by atoms with Crippen LogP contribution >= 0.6 is 23.2 Å². The Kier molecular flexibility index (Phi) is 4.54. The summed E-state index contributed by atoms with van der Waals surface area (Å²) in [6, 6.07) is 6.56. The molecule has 0 aromatic heterocycles. The Labute approximate surface area is 119 Å². The molecule has 0 aliphatic heterocycles. The zero-order valence-electron chi connectivity index (χ0n) is 10.9. The summed E-state index contributed by atoms with van der Waals surface area (Å²) in [7, 11) is 2.14. The van der Waals surface area contributed by atoms with Crippen molar-refractivity contribution < 1.29 is 0 Å². The number of benzene rings is 1. The lowest BCUT2D eigenvalue weighted by Gasteiger charge is -2.33. The van der Waals surface area contributed by atoms with Gasteiger partial charge < -0.3 is 5.73 Å². The topological polar surface area (TPSA) is 29.3 Å². The molecule has 2 rings (SSSR count). The fourth-order valence-electron chi connectivity index (χ4n) is 2.45. The van der Waals surface area contributed by atoms with Crippen LogP contribution < -0.4 is 5.73 Å². The Morgan fingerprint density at radius 1 is 1.33 bits per heavy atom. The van der Waals surface area contributed by atoms with Crippen LogP contribution in [0.5, 0.6) is 0 Å². The fourth-order valence-corrected chi connectivity index (χ4v) is 2.76. The average Bonchev–Trinajstić information content (AvgIpc) is 3.17. The molecule has 0 bridgehead atoms. The van der Waals surface area contributed by atoms with Crippen LogP contribution in [0.2, 0.25) is 10.0 Å². The van der Waals surface area contributed by atoms with E-state index in [1.54, 1.807) is 0 Å². The zero-order valence-corrected chi connectivity index (χ0v) is 12.4. The Morgan fingerprint density at radius 3 is 2.50 bits per heavy atom. The number of halogens is 2. The normalized spacial score (nSPS) is 19.0. The second kappa shape index (κ2) is 5.79. The highest BCUT2D eigenvalue weighted by atomic mass is 35.5. The highest BCUT2D eigenvalue weighted by Gasteiger charge is 2.33. The minimum atomic E-state index is 0.204. The summed E-state index contributed by atoms with van der Waals surface area (Å²) in [6.45, 7) is 2.86. The van der Waals surface area contributed by atoms with E-state index in [0.29, 0.717) is 22.6 Å². The van der Waals surface area contributed by atoms with Gasteiger partial charge in [-0.05, 0) is 50.4 Å². The molecule has 1 aliphatic carbocycles. The van der Waals surface area contributed by atoms with E-state index in [0.717, 1.165) is 11.5 Å². The zero-order chi connectivity index (χ0) is 13.3. The highest BCUT2D eigenvalue weighted by Crippen LogP contribution is 2.37.